The third kappa shape index (κ3) is 4.00. The highest BCUT2D eigenvalue weighted by Gasteiger charge is 2.28. The lowest BCUT2D eigenvalue weighted by Crippen LogP contribution is -2.45. The molecule has 1 unspecified atom stereocenters. The number of nitrogens with two attached hydrogens (primary N) is 1. The largest absolute Gasteiger partial charge is 0.508 e. The molecule has 2 heterocycles. The van der Waals surface area contributed by atoms with Gasteiger partial charge in [0, 0.05) is 29.9 Å². The molecule has 1 amide bonds. The summed E-state index contributed by atoms with van der Waals surface area (Å²) in [6, 6.07) is 10.7. The van der Waals surface area contributed by atoms with E-state index in [1.165, 1.54) is 18.5 Å². The monoisotopic (exact) mass is 432 g/mol. The quantitative estimate of drug-likeness (QED) is 0.363. The van der Waals surface area contributed by atoms with Crippen LogP contribution in [-0.4, -0.2) is 39.3 Å². The van der Waals surface area contributed by atoms with Crippen LogP contribution in [0.15, 0.2) is 61.4 Å². The topological polar surface area (TPSA) is 128 Å². The van der Waals surface area contributed by atoms with Crippen LogP contribution in [0.1, 0.15) is 16.7 Å². The van der Waals surface area contributed by atoms with E-state index in [2.05, 4.69) is 21.9 Å². The standard InChI is InChI=1S/C23H21FN6O2/c1-2-19(32)30-11-16(8-13-5-3-4-6-18(13)30)29-23-20(22(26)27-12-28-23)21(25)14-7-15(24)10-17(31)9-14/h2-7,9-10,12,16,25,31H,1,8,11H2,(H3,26,27,28,29). The summed E-state index contributed by atoms with van der Waals surface area (Å²) in [4.78, 5) is 22.3. The maximum absolute atomic E-state index is 13.8. The number of anilines is 3. The van der Waals surface area contributed by atoms with Gasteiger partial charge in [0.2, 0.25) is 5.91 Å². The molecular formula is C23H21FN6O2. The molecule has 1 aliphatic heterocycles. The lowest BCUT2D eigenvalue weighted by atomic mass is 9.97. The van der Waals surface area contributed by atoms with E-state index in [-0.39, 0.29) is 46.2 Å². The van der Waals surface area contributed by atoms with Gasteiger partial charge in [-0.3, -0.25) is 10.2 Å². The van der Waals surface area contributed by atoms with Crippen LogP contribution in [0.4, 0.5) is 21.7 Å². The zero-order valence-corrected chi connectivity index (χ0v) is 17.0. The second-order valence-electron chi connectivity index (χ2n) is 7.38. The molecule has 3 aromatic rings. The Morgan fingerprint density at radius 3 is 2.84 bits per heavy atom. The number of hydrogen-bond acceptors (Lipinski definition) is 7. The van der Waals surface area contributed by atoms with E-state index in [1.807, 2.05) is 24.3 Å². The number of amides is 1. The number of phenolic OH excluding ortho intramolecular Hbond substituents is 1. The number of fused-ring (bicyclic) bond motifs is 1. The van der Waals surface area contributed by atoms with Crippen molar-refractivity contribution in [2.24, 2.45) is 0 Å². The van der Waals surface area contributed by atoms with Crippen LogP contribution in [0.3, 0.4) is 0 Å². The zero-order valence-electron chi connectivity index (χ0n) is 17.0. The number of nitrogens with one attached hydrogen (secondary N) is 2. The van der Waals surface area contributed by atoms with Gasteiger partial charge in [0.05, 0.1) is 11.3 Å². The van der Waals surface area contributed by atoms with Crippen LogP contribution in [0.2, 0.25) is 0 Å². The third-order valence-electron chi connectivity index (χ3n) is 5.23. The number of halogens is 1. The Morgan fingerprint density at radius 1 is 1.31 bits per heavy atom. The molecule has 1 atom stereocenters. The molecule has 1 aromatic heterocycles. The van der Waals surface area contributed by atoms with E-state index in [9.17, 15) is 14.3 Å². The van der Waals surface area contributed by atoms with Crippen LogP contribution in [0, 0.1) is 11.2 Å². The molecule has 4 rings (SSSR count). The van der Waals surface area contributed by atoms with Crippen molar-refractivity contribution in [1.82, 2.24) is 9.97 Å². The number of phenols is 1. The Bertz CT molecular complexity index is 1210. The van der Waals surface area contributed by atoms with Crippen LogP contribution < -0.4 is 16.0 Å². The minimum atomic E-state index is -0.683. The summed E-state index contributed by atoms with van der Waals surface area (Å²) in [5, 5.41) is 21.6. The predicted molar refractivity (Wildman–Crippen MR) is 121 cm³/mol. The van der Waals surface area contributed by atoms with Gasteiger partial charge in [-0.2, -0.15) is 0 Å². The number of carbonyl (C=O) groups is 1. The molecule has 0 radical (unpaired) electrons. The summed E-state index contributed by atoms with van der Waals surface area (Å²) in [5.74, 6) is -0.906. The van der Waals surface area contributed by atoms with Crippen LogP contribution in [0.25, 0.3) is 0 Å². The van der Waals surface area contributed by atoms with Crippen molar-refractivity contribution in [3.8, 4) is 5.75 Å². The summed E-state index contributed by atoms with van der Waals surface area (Å²) in [5.41, 5.74) is 8.01. The minimum absolute atomic E-state index is 0.0338. The molecule has 0 bridgehead atoms. The molecule has 9 heteroatoms. The van der Waals surface area contributed by atoms with E-state index in [0.717, 1.165) is 23.4 Å². The first-order chi connectivity index (χ1) is 15.4. The summed E-state index contributed by atoms with van der Waals surface area (Å²) >= 11 is 0. The van der Waals surface area contributed by atoms with Crippen LogP contribution >= 0.6 is 0 Å². The molecule has 0 saturated carbocycles. The Kier molecular flexibility index (Phi) is 5.55. The molecule has 0 saturated heterocycles. The molecule has 1 aliphatic rings. The predicted octanol–water partition coefficient (Wildman–Crippen LogP) is 2.88. The molecular weight excluding hydrogens is 411 g/mol. The Labute approximate surface area is 183 Å². The van der Waals surface area contributed by atoms with E-state index >= 15 is 0 Å². The fourth-order valence-corrected chi connectivity index (χ4v) is 3.82. The number of para-hydroxylation sites is 1. The average molecular weight is 432 g/mol. The van der Waals surface area contributed by atoms with Crippen molar-refractivity contribution in [3.63, 3.8) is 0 Å². The maximum atomic E-state index is 13.8. The van der Waals surface area contributed by atoms with Gasteiger partial charge in [-0.15, -0.1) is 0 Å². The number of aromatic hydroxyl groups is 1. The fraction of sp³-hybridized carbons (Fsp3) is 0.130. The van der Waals surface area contributed by atoms with E-state index in [1.54, 1.807) is 4.90 Å². The van der Waals surface area contributed by atoms with Gasteiger partial charge in [-0.25, -0.2) is 14.4 Å². The molecule has 2 aromatic carbocycles. The minimum Gasteiger partial charge on any atom is -0.508 e. The molecule has 32 heavy (non-hydrogen) atoms. The molecule has 0 spiro atoms. The zero-order chi connectivity index (χ0) is 22.8. The lowest BCUT2D eigenvalue weighted by Gasteiger charge is -2.35. The SMILES string of the molecule is C=CC(=O)N1CC(Nc2ncnc(N)c2C(=N)c2cc(O)cc(F)c2)Cc2ccccc21. The smallest absolute Gasteiger partial charge is 0.250 e. The van der Waals surface area contributed by atoms with Crippen molar-refractivity contribution in [2.75, 3.05) is 22.5 Å². The number of nitrogens with zero attached hydrogens (tertiary/aromatic N) is 3. The van der Waals surface area contributed by atoms with Gasteiger partial charge in [-0.1, -0.05) is 24.8 Å². The van der Waals surface area contributed by atoms with Crippen molar-refractivity contribution in [3.05, 3.63) is 84.0 Å². The highest BCUT2D eigenvalue weighted by Crippen LogP contribution is 2.30. The number of hydrogen-bond donors (Lipinski definition) is 4. The third-order valence-corrected chi connectivity index (χ3v) is 5.23. The highest BCUT2D eigenvalue weighted by atomic mass is 19.1. The van der Waals surface area contributed by atoms with Gasteiger partial charge in [-0.05, 0) is 36.3 Å². The second kappa shape index (κ2) is 8.46. The van der Waals surface area contributed by atoms with Crippen molar-refractivity contribution in [1.29, 1.82) is 5.41 Å². The van der Waals surface area contributed by atoms with Gasteiger partial charge in [0.25, 0.3) is 0 Å². The fourth-order valence-electron chi connectivity index (χ4n) is 3.82. The van der Waals surface area contributed by atoms with Crippen molar-refractivity contribution < 1.29 is 14.3 Å². The van der Waals surface area contributed by atoms with Gasteiger partial charge in [0.1, 0.15) is 29.5 Å². The first kappa shape index (κ1) is 21.0. The Hall–Kier alpha value is -4.27. The number of nitrogen functional groups attached to an aromatic ring is 1. The normalized spacial score (nSPS) is 15.0. The van der Waals surface area contributed by atoms with Crippen LogP contribution in [-0.2, 0) is 11.2 Å². The number of rotatable bonds is 5. The highest BCUT2D eigenvalue weighted by molar-refractivity contribution is 6.16. The van der Waals surface area contributed by atoms with E-state index in [4.69, 9.17) is 11.1 Å². The Morgan fingerprint density at radius 2 is 2.09 bits per heavy atom. The molecule has 0 fully saturated rings. The number of aromatic nitrogens is 2. The first-order valence-electron chi connectivity index (χ1n) is 9.85. The van der Waals surface area contributed by atoms with Gasteiger partial charge in [0.15, 0.2) is 0 Å². The number of carbonyl (C=O) groups excluding carboxylic acids is 1. The summed E-state index contributed by atoms with van der Waals surface area (Å²) < 4.78 is 13.8. The average Bonchev–Trinajstić information content (AvgIpc) is 2.77. The first-order valence-corrected chi connectivity index (χ1v) is 9.85. The van der Waals surface area contributed by atoms with E-state index in [0.29, 0.717) is 13.0 Å². The summed E-state index contributed by atoms with van der Waals surface area (Å²) in [6.07, 6.45) is 3.13. The molecule has 8 nitrogen and oxygen atoms in total. The van der Waals surface area contributed by atoms with Crippen molar-refractivity contribution in [2.45, 2.75) is 12.5 Å². The van der Waals surface area contributed by atoms with Crippen LogP contribution in [0.5, 0.6) is 5.75 Å². The molecule has 162 valence electrons. The van der Waals surface area contributed by atoms with Crippen molar-refractivity contribution >= 4 is 28.9 Å². The van der Waals surface area contributed by atoms with E-state index < -0.39 is 5.82 Å². The number of benzene rings is 2. The second-order valence-corrected chi connectivity index (χ2v) is 7.38. The summed E-state index contributed by atoms with van der Waals surface area (Å²) in [6.45, 7) is 3.93. The van der Waals surface area contributed by atoms with Gasteiger partial charge >= 0.3 is 0 Å². The lowest BCUT2D eigenvalue weighted by molar-refractivity contribution is -0.114. The Balaban J connectivity index is 1.69. The maximum Gasteiger partial charge on any atom is 0.250 e. The molecule has 0 aliphatic carbocycles. The molecule has 5 N–H and O–H groups in total. The summed E-state index contributed by atoms with van der Waals surface area (Å²) in [7, 11) is 0. The van der Waals surface area contributed by atoms with Gasteiger partial charge < -0.3 is 21.1 Å².